The predicted molar refractivity (Wildman–Crippen MR) is 73.6 cm³/mol. The second kappa shape index (κ2) is 6.25. The van der Waals surface area contributed by atoms with Crippen molar-refractivity contribution < 1.29 is 14.3 Å². The van der Waals surface area contributed by atoms with Crippen LogP contribution in [-0.2, 0) is 0 Å². The van der Waals surface area contributed by atoms with Crippen molar-refractivity contribution in [1.82, 2.24) is 10.3 Å². The van der Waals surface area contributed by atoms with Crippen molar-refractivity contribution in [3.05, 3.63) is 54.0 Å². The third-order valence-corrected chi connectivity index (χ3v) is 2.70. The van der Waals surface area contributed by atoms with Crippen molar-refractivity contribution in [2.24, 2.45) is 0 Å². The molecule has 1 aromatic carbocycles. The first kappa shape index (κ1) is 14.1. The van der Waals surface area contributed by atoms with Gasteiger partial charge in [-0.15, -0.1) is 0 Å². The van der Waals surface area contributed by atoms with Crippen molar-refractivity contribution in [1.29, 1.82) is 0 Å². The summed E-state index contributed by atoms with van der Waals surface area (Å²) in [4.78, 5) is 15.9. The second-order valence-corrected chi connectivity index (χ2v) is 4.50. The summed E-state index contributed by atoms with van der Waals surface area (Å²) in [5, 5.41) is 11.7. The Bertz CT molecular complexity index is 597. The first-order chi connectivity index (χ1) is 9.56. The number of hydrogen-bond acceptors (Lipinski definition) is 3. The number of carbonyl (C=O) groups excluding carboxylic acids is 1. The number of nitrogens with zero attached hydrogens (tertiary/aromatic N) is 1. The molecule has 20 heavy (non-hydrogen) atoms. The van der Waals surface area contributed by atoms with Crippen LogP contribution >= 0.6 is 0 Å². The normalized spacial score (nSPS) is 11.9. The van der Waals surface area contributed by atoms with Gasteiger partial charge in [0, 0.05) is 18.3 Å². The number of rotatable bonds is 4. The Balaban J connectivity index is 2.12. The van der Waals surface area contributed by atoms with Gasteiger partial charge in [-0.05, 0) is 31.2 Å². The topological polar surface area (TPSA) is 62.2 Å². The molecule has 0 aliphatic carbocycles. The highest BCUT2D eigenvalue weighted by Crippen LogP contribution is 2.17. The van der Waals surface area contributed by atoms with E-state index < -0.39 is 6.10 Å². The molecular weight excluding hydrogens is 259 g/mol. The SMILES string of the molecule is C[C@H](O)CNC(=O)c1ccc(-c2cccc(F)c2)nc1. The minimum absolute atomic E-state index is 0.185. The molecule has 1 amide bonds. The van der Waals surface area contributed by atoms with Crippen LogP contribution < -0.4 is 5.32 Å². The van der Waals surface area contributed by atoms with Crippen LogP contribution in [0, 0.1) is 5.82 Å². The zero-order valence-electron chi connectivity index (χ0n) is 11.0. The number of aliphatic hydroxyl groups excluding tert-OH is 1. The van der Waals surface area contributed by atoms with E-state index in [-0.39, 0.29) is 18.3 Å². The highest BCUT2D eigenvalue weighted by Gasteiger charge is 2.08. The van der Waals surface area contributed by atoms with Crippen LogP contribution in [0.5, 0.6) is 0 Å². The summed E-state index contributed by atoms with van der Waals surface area (Å²) < 4.78 is 13.1. The van der Waals surface area contributed by atoms with Gasteiger partial charge in [0.25, 0.3) is 5.91 Å². The van der Waals surface area contributed by atoms with Gasteiger partial charge < -0.3 is 10.4 Å². The largest absolute Gasteiger partial charge is 0.392 e. The molecule has 0 bridgehead atoms. The zero-order valence-corrected chi connectivity index (χ0v) is 11.0. The third-order valence-electron chi connectivity index (χ3n) is 2.70. The highest BCUT2D eigenvalue weighted by molar-refractivity contribution is 5.94. The highest BCUT2D eigenvalue weighted by atomic mass is 19.1. The van der Waals surface area contributed by atoms with Crippen LogP contribution in [0.15, 0.2) is 42.6 Å². The van der Waals surface area contributed by atoms with E-state index in [2.05, 4.69) is 10.3 Å². The molecule has 0 aliphatic rings. The Hall–Kier alpha value is -2.27. The van der Waals surface area contributed by atoms with Crippen LogP contribution in [0.2, 0.25) is 0 Å². The van der Waals surface area contributed by atoms with Gasteiger partial charge >= 0.3 is 0 Å². The number of nitrogens with one attached hydrogen (secondary N) is 1. The van der Waals surface area contributed by atoms with E-state index in [0.29, 0.717) is 16.8 Å². The summed E-state index contributed by atoms with van der Waals surface area (Å²) in [6, 6.07) is 9.38. The van der Waals surface area contributed by atoms with Crippen LogP contribution in [0.25, 0.3) is 11.3 Å². The van der Waals surface area contributed by atoms with Gasteiger partial charge in [-0.3, -0.25) is 9.78 Å². The molecule has 1 aromatic heterocycles. The lowest BCUT2D eigenvalue weighted by Gasteiger charge is -2.07. The molecule has 1 heterocycles. The summed E-state index contributed by atoms with van der Waals surface area (Å²) in [6.07, 6.45) is 0.830. The quantitative estimate of drug-likeness (QED) is 0.896. The summed E-state index contributed by atoms with van der Waals surface area (Å²) in [7, 11) is 0. The Morgan fingerprint density at radius 2 is 2.20 bits per heavy atom. The van der Waals surface area contributed by atoms with Gasteiger partial charge in [-0.25, -0.2) is 4.39 Å². The van der Waals surface area contributed by atoms with Crippen LogP contribution in [0.3, 0.4) is 0 Å². The summed E-state index contributed by atoms with van der Waals surface area (Å²) >= 11 is 0. The Labute approximate surface area is 116 Å². The maximum atomic E-state index is 13.1. The van der Waals surface area contributed by atoms with Gasteiger partial charge in [0.1, 0.15) is 5.82 Å². The van der Waals surface area contributed by atoms with E-state index in [1.807, 2.05) is 0 Å². The Morgan fingerprint density at radius 3 is 2.80 bits per heavy atom. The first-order valence-corrected chi connectivity index (χ1v) is 6.24. The smallest absolute Gasteiger partial charge is 0.252 e. The molecule has 2 N–H and O–H groups in total. The monoisotopic (exact) mass is 274 g/mol. The molecule has 0 unspecified atom stereocenters. The molecule has 0 radical (unpaired) electrons. The average molecular weight is 274 g/mol. The van der Waals surface area contributed by atoms with Gasteiger partial charge in [0.2, 0.25) is 0 Å². The number of aromatic nitrogens is 1. The third kappa shape index (κ3) is 3.61. The summed E-state index contributed by atoms with van der Waals surface area (Å²) in [5.41, 5.74) is 1.64. The van der Waals surface area contributed by atoms with Crippen LogP contribution in [0.4, 0.5) is 4.39 Å². The zero-order chi connectivity index (χ0) is 14.5. The van der Waals surface area contributed by atoms with E-state index in [1.54, 1.807) is 31.2 Å². The van der Waals surface area contributed by atoms with Gasteiger partial charge in [-0.1, -0.05) is 12.1 Å². The molecule has 5 heteroatoms. The molecule has 2 rings (SSSR count). The van der Waals surface area contributed by atoms with Crippen molar-refractivity contribution in [2.45, 2.75) is 13.0 Å². The number of amides is 1. The minimum atomic E-state index is -0.599. The molecule has 4 nitrogen and oxygen atoms in total. The number of hydrogen-bond donors (Lipinski definition) is 2. The van der Waals surface area contributed by atoms with Gasteiger partial charge in [0.05, 0.1) is 17.4 Å². The molecule has 104 valence electrons. The first-order valence-electron chi connectivity index (χ1n) is 6.24. The van der Waals surface area contributed by atoms with E-state index in [0.717, 1.165) is 0 Å². The molecule has 1 atom stereocenters. The average Bonchev–Trinajstić information content (AvgIpc) is 2.45. The van der Waals surface area contributed by atoms with Crippen molar-refractivity contribution >= 4 is 5.91 Å². The standard InChI is InChI=1S/C15H15FN2O2/c1-10(19)8-18-15(20)12-5-6-14(17-9-12)11-3-2-4-13(16)7-11/h2-7,9-10,19H,8H2,1H3,(H,18,20)/t10-/m0/s1. The Morgan fingerprint density at radius 1 is 1.40 bits per heavy atom. The fraction of sp³-hybridized carbons (Fsp3) is 0.200. The lowest BCUT2D eigenvalue weighted by atomic mass is 10.1. The van der Waals surface area contributed by atoms with E-state index in [4.69, 9.17) is 5.11 Å². The van der Waals surface area contributed by atoms with Gasteiger partial charge in [0.15, 0.2) is 0 Å². The van der Waals surface area contributed by atoms with Crippen molar-refractivity contribution in [3.8, 4) is 11.3 Å². The van der Waals surface area contributed by atoms with E-state index >= 15 is 0 Å². The molecular formula is C15H15FN2O2. The summed E-state index contributed by atoms with van der Waals surface area (Å²) in [6.45, 7) is 1.77. The maximum absolute atomic E-state index is 13.1. The molecule has 0 fully saturated rings. The fourth-order valence-electron chi connectivity index (χ4n) is 1.69. The van der Waals surface area contributed by atoms with E-state index in [9.17, 15) is 9.18 Å². The Kier molecular flexibility index (Phi) is 4.42. The molecule has 0 saturated carbocycles. The minimum Gasteiger partial charge on any atom is -0.392 e. The number of halogens is 1. The molecule has 2 aromatic rings. The molecule has 0 aliphatic heterocycles. The van der Waals surface area contributed by atoms with Gasteiger partial charge in [-0.2, -0.15) is 0 Å². The van der Waals surface area contributed by atoms with E-state index in [1.165, 1.54) is 18.3 Å². The number of carbonyl (C=O) groups is 1. The van der Waals surface area contributed by atoms with Crippen LogP contribution in [0.1, 0.15) is 17.3 Å². The maximum Gasteiger partial charge on any atom is 0.252 e. The van der Waals surface area contributed by atoms with Crippen LogP contribution in [-0.4, -0.2) is 28.6 Å². The number of pyridine rings is 1. The second-order valence-electron chi connectivity index (χ2n) is 4.50. The summed E-state index contributed by atoms with van der Waals surface area (Å²) in [5.74, 6) is -0.632. The molecule has 0 saturated heterocycles. The molecule has 0 spiro atoms. The number of benzene rings is 1. The van der Waals surface area contributed by atoms with Crippen molar-refractivity contribution in [3.63, 3.8) is 0 Å². The lowest BCUT2D eigenvalue weighted by molar-refractivity contribution is 0.0923. The van der Waals surface area contributed by atoms with Crippen molar-refractivity contribution in [2.75, 3.05) is 6.54 Å². The number of aliphatic hydroxyl groups is 1. The predicted octanol–water partition coefficient (Wildman–Crippen LogP) is 2.00. The lowest BCUT2D eigenvalue weighted by Crippen LogP contribution is -2.30. The fourth-order valence-corrected chi connectivity index (χ4v) is 1.69.